The Bertz CT molecular complexity index is 765. The first-order valence-corrected chi connectivity index (χ1v) is 8.33. The van der Waals surface area contributed by atoms with Gasteiger partial charge in [-0.05, 0) is 36.8 Å². The molecule has 0 bridgehead atoms. The normalized spacial score (nSPS) is 10.2. The van der Waals surface area contributed by atoms with E-state index in [-0.39, 0.29) is 17.3 Å². The van der Waals surface area contributed by atoms with Crippen molar-refractivity contribution in [2.45, 2.75) is 19.8 Å². The standard InChI is InChI=1S/C18H20ClN3O3/c1-3-4-10-20-17(23)13-6-5-7-14(21-13)18(24)22-15-11-12(19)8-9-16(15)25-2/h5-9,11H,3-4,10H2,1-2H3,(H,20,23)(H,22,24). The topological polar surface area (TPSA) is 80.3 Å². The van der Waals surface area contributed by atoms with Crippen LogP contribution >= 0.6 is 11.6 Å². The zero-order chi connectivity index (χ0) is 18.2. The minimum absolute atomic E-state index is 0.130. The third kappa shape index (κ3) is 5.19. The smallest absolute Gasteiger partial charge is 0.274 e. The Hall–Kier alpha value is -2.60. The first-order valence-electron chi connectivity index (χ1n) is 7.95. The molecule has 2 aromatic rings. The summed E-state index contributed by atoms with van der Waals surface area (Å²) in [5.74, 6) is -0.279. The number of anilines is 1. The van der Waals surface area contributed by atoms with Gasteiger partial charge in [0.05, 0.1) is 12.8 Å². The minimum Gasteiger partial charge on any atom is -0.495 e. The molecule has 1 aromatic heterocycles. The number of rotatable bonds is 7. The largest absolute Gasteiger partial charge is 0.495 e. The number of carbonyl (C=O) groups excluding carboxylic acids is 2. The highest BCUT2D eigenvalue weighted by atomic mass is 35.5. The Morgan fingerprint density at radius 1 is 1.16 bits per heavy atom. The molecule has 1 aromatic carbocycles. The van der Waals surface area contributed by atoms with Crippen LogP contribution in [0.25, 0.3) is 0 Å². The van der Waals surface area contributed by atoms with E-state index in [4.69, 9.17) is 16.3 Å². The quantitative estimate of drug-likeness (QED) is 0.739. The van der Waals surface area contributed by atoms with Crippen molar-refractivity contribution < 1.29 is 14.3 Å². The fraction of sp³-hybridized carbons (Fsp3) is 0.278. The average molecular weight is 362 g/mol. The van der Waals surface area contributed by atoms with Crippen LogP contribution in [0.3, 0.4) is 0 Å². The number of pyridine rings is 1. The number of ether oxygens (including phenoxy) is 1. The Labute approximate surface area is 151 Å². The predicted molar refractivity (Wildman–Crippen MR) is 97.4 cm³/mol. The van der Waals surface area contributed by atoms with Crippen molar-refractivity contribution in [1.82, 2.24) is 10.3 Å². The predicted octanol–water partition coefficient (Wildman–Crippen LogP) is 3.53. The number of methoxy groups -OCH3 is 1. The lowest BCUT2D eigenvalue weighted by molar-refractivity contribution is 0.0948. The van der Waals surface area contributed by atoms with Crippen molar-refractivity contribution in [1.29, 1.82) is 0 Å². The third-order valence-electron chi connectivity index (χ3n) is 3.44. The fourth-order valence-electron chi connectivity index (χ4n) is 2.12. The molecule has 0 aliphatic carbocycles. The molecule has 2 N–H and O–H groups in total. The summed E-state index contributed by atoms with van der Waals surface area (Å²) >= 11 is 5.96. The first-order chi connectivity index (χ1) is 12.0. The van der Waals surface area contributed by atoms with E-state index in [9.17, 15) is 9.59 Å². The van der Waals surface area contributed by atoms with E-state index in [1.165, 1.54) is 13.2 Å². The van der Waals surface area contributed by atoms with Crippen LogP contribution in [0.5, 0.6) is 5.75 Å². The molecular formula is C18H20ClN3O3. The maximum atomic E-state index is 12.4. The molecule has 0 aliphatic heterocycles. The first kappa shape index (κ1) is 18.7. The molecule has 0 unspecified atom stereocenters. The highest BCUT2D eigenvalue weighted by molar-refractivity contribution is 6.31. The molecule has 0 fully saturated rings. The van der Waals surface area contributed by atoms with Crippen LogP contribution in [0, 0.1) is 0 Å². The summed E-state index contributed by atoms with van der Waals surface area (Å²) in [5.41, 5.74) is 0.756. The van der Waals surface area contributed by atoms with Gasteiger partial charge in [-0.3, -0.25) is 9.59 Å². The van der Waals surface area contributed by atoms with Gasteiger partial charge in [0.1, 0.15) is 17.1 Å². The zero-order valence-corrected chi connectivity index (χ0v) is 14.9. The van der Waals surface area contributed by atoms with Crippen LogP contribution in [0.1, 0.15) is 40.7 Å². The molecule has 132 valence electrons. The average Bonchev–Trinajstić information content (AvgIpc) is 2.62. The van der Waals surface area contributed by atoms with Crippen LogP contribution in [-0.4, -0.2) is 30.5 Å². The number of hydrogen-bond donors (Lipinski definition) is 2. The van der Waals surface area contributed by atoms with E-state index < -0.39 is 5.91 Å². The number of unbranched alkanes of at least 4 members (excludes halogenated alkanes) is 1. The van der Waals surface area contributed by atoms with Gasteiger partial charge in [-0.15, -0.1) is 0 Å². The number of nitrogens with zero attached hydrogens (tertiary/aromatic N) is 1. The van der Waals surface area contributed by atoms with Crippen LogP contribution in [0.4, 0.5) is 5.69 Å². The summed E-state index contributed by atoms with van der Waals surface area (Å²) in [6, 6.07) is 9.62. The molecule has 25 heavy (non-hydrogen) atoms. The van der Waals surface area contributed by atoms with E-state index in [1.807, 2.05) is 6.92 Å². The molecule has 0 saturated heterocycles. The van der Waals surface area contributed by atoms with Crippen LogP contribution in [0.15, 0.2) is 36.4 Å². The zero-order valence-electron chi connectivity index (χ0n) is 14.1. The number of halogens is 1. The van der Waals surface area contributed by atoms with Crippen molar-refractivity contribution in [3.8, 4) is 5.75 Å². The molecule has 6 nitrogen and oxygen atoms in total. The van der Waals surface area contributed by atoms with Crippen LogP contribution in [-0.2, 0) is 0 Å². The maximum absolute atomic E-state index is 12.4. The Balaban J connectivity index is 2.13. The summed E-state index contributed by atoms with van der Waals surface area (Å²) in [4.78, 5) is 28.6. The van der Waals surface area contributed by atoms with Crippen molar-refractivity contribution >= 4 is 29.1 Å². The molecule has 1 heterocycles. The summed E-state index contributed by atoms with van der Waals surface area (Å²) in [6.45, 7) is 2.62. The van der Waals surface area contributed by atoms with Gasteiger partial charge < -0.3 is 15.4 Å². The number of nitrogens with one attached hydrogen (secondary N) is 2. The Kier molecular flexibility index (Phi) is 6.77. The molecule has 0 aliphatic rings. The number of carbonyl (C=O) groups is 2. The fourth-order valence-corrected chi connectivity index (χ4v) is 2.29. The molecule has 0 atom stereocenters. The molecule has 7 heteroatoms. The van der Waals surface area contributed by atoms with Gasteiger partial charge in [0.15, 0.2) is 0 Å². The van der Waals surface area contributed by atoms with Crippen LogP contribution in [0.2, 0.25) is 5.02 Å². The second-order valence-electron chi connectivity index (χ2n) is 5.32. The second kappa shape index (κ2) is 9.03. The number of amides is 2. The van der Waals surface area contributed by atoms with E-state index in [2.05, 4.69) is 15.6 Å². The van der Waals surface area contributed by atoms with Crippen molar-refractivity contribution in [2.24, 2.45) is 0 Å². The van der Waals surface area contributed by atoms with Gasteiger partial charge in [0.25, 0.3) is 11.8 Å². The molecule has 2 amide bonds. The van der Waals surface area contributed by atoms with E-state index in [0.717, 1.165) is 12.8 Å². The second-order valence-corrected chi connectivity index (χ2v) is 5.75. The highest BCUT2D eigenvalue weighted by Crippen LogP contribution is 2.27. The van der Waals surface area contributed by atoms with Gasteiger partial charge in [-0.2, -0.15) is 0 Å². The molecule has 2 rings (SSSR count). The van der Waals surface area contributed by atoms with Gasteiger partial charge in [-0.25, -0.2) is 4.98 Å². The molecule has 0 radical (unpaired) electrons. The number of benzene rings is 1. The van der Waals surface area contributed by atoms with Crippen molar-refractivity contribution in [3.05, 3.63) is 52.8 Å². The molecule has 0 saturated carbocycles. The highest BCUT2D eigenvalue weighted by Gasteiger charge is 2.14. The summed E-state index contributed by atoms with van der Waals surface area (Å²) in [6.07, 6.45) is 1.87. The Morgan fingerprint density at radius 3 is 2.56 bits per heavy atom. The molecular weight excluding hydrogens is 342 g/mol. The van der Waals surface area contributed by atoms with Crippen molar-refractivity contribution in [2.75, 3.05) is 19.0 Å². The number of hydrogen-bond acceptors (Lipinski definition) is 4. The van der Waals surface area contributed by atoms with E-state index >= 15 is 0 Å². The minimum atomic E-state index is -0.455. The summed E-state index contributed by atoms with van der Waals surface area (Å²) < 4.78 is 5.20. The monoisotopic (exact) mass is 361 g/mol. The van der Waals surface area contributed by atoms with Crippen LogP contribution < -0.4 is 15.4 Å². The lowest BCUT2D eigenvalue weighted by Crippen LogP contribution is -2.26. The van der Waals surface area contributed by atoms with E-state index in [0.29, 0.717) is 23.0 Å². The lowest BCUT2D eigenvalue weighted by Gasteiger charge is -2.11. The third-order valence-corrected chi connectivity index (χ3v) is 3.68. The van der Waals surface area contributed by atoms with Gasteiger partial charge in [-0.1, -0.05) is 31.0 Å². The van der Waals surface area contributed by atoms with Gasteiger partial charge in [0, 0.05) is 11.6 Å². The lowest BCUT2D eigenvalue weighted by atomic mass is 10.2. The molecule has 0 spiro atoms. The van der Waals surface area contributed by atoms with Gasteiger partial charge in [0.2, 0.25) is 0 Å². The Morgan fingerprint density at radius 2 is 1.88 bits per heavy atom. The van der Waals surface area contributed by atoms with Crippen molar-refractivity contribution in [3.63, 3.8) is 0 Å². The van der Waals surface area contributed by atoms with Gasteiger partial charge >= 0.3 is 0 Å². The number of aromatic nitrogens is 1. The summed E-state index contributed by atoms with van der Waals surface area (Å²) in [5, 5.41) is 5.93. The SMILES string of the molecule is CCCCNC(=O)c1cccc(C(=O)Nc2cc(Cl)ccc2OC)n1. The maximum Gasteiger partial charge on any atom is 0.274 e. The summed E-state index contributed by atoms with van der Waals surface area (Å²) in [7, 11) is 1.50. The van der Waals surface area contributed by atoms with E-state index in [1.54, 1.807) is 30.3 Å².